The molecule has 5 rings (SSSR count). The summed E-state index contributed by atoms with van der Waals surface area (Å²) in [5.74, 6) is -0.536. The standard InChI is InChI=1S/C27H22FNO2S2/c1-29(33(30,31)20-10-3-2-4-11-20)18-24(27-17-19-9-5-8-14-26(19)32-27)22-15-16-25(28)23-13-7-6-12-21(22)23/h2-17,24H,18H2,1H3/t24-/m1/s1. The minimum Gasteiger partial charge on any atom is -0.207 e. The first kappa shape index (κ1) is 21.8. The number of thiophene rings is 1. The summed E-state index contributed by atoms with van der Waals surface area (Å²) in [6.07, 6.45) is 0. The first-order valence-electron chi connectivity index (χ1n) is 10.6. The molecule has 0 unspecified atom stereocenters. The van der Waals surface area contributed by atoms with E-state index in [1.165, 1.54) is 10.4 Å². The van der Waals surface area contributed by atoms with E-state index >= 15 is 0 Å². The Morgan fingerprint density at radius 3 is 2.27 bits per heavy atom. The number of halogens is 1. The number of hydrogen-bond donors (Lipinski definition) is 0. The van der Waals surface area contributed by atoms with Gasteiger partial charge in [0, 0.05) is 34.5 Å². The van der Waals surface area contributed by atoms with Crippen LogP contribution in [-0.4, -0.2) is 26.3 Å². The van der Waals surface area contributed by atoms with Crippen LogP contribution in [0.1, 0.15) is 16.4 Å². The lowest BCUT2D eigenvalue weighted by Crippen LogP contribution is -2.31. The molecule has 0 saturated carbocycles. The molecule has 1 atom stereocenters. The lowest BCUT2D eigenvalue weighted by molar-refractivity contribution is 0.457. The number of nitrogens with zero attached hydrogens (tertiary/aromatic N) is 1. The van der Waals surface area contributed by atoms with Gasteiger partial charge in [-0.15, -0.1) is 11.3 Å². The minimum atomic E-state index is -3.68. The van der Waals surface area contributed by atoms with Crippen molar-refractivity contribution in [2.45, 2.75) is 10.8 Å². The van der Waals surface area contributed by atoms with Gasteiger partial charge in [-0.05, 0) is 46.7 Å². The third-order valence-electron chi connectivity index (χ3n) is 5.96. The van der Waals surface area contributed by atoms with Gasteiger partial charge < -0.3 is 0 Å². The van der Waals surface area contributed by atoms with E-state index in [1.807, 2.05) is 30.3 Å². The number of likely N-dealkylation sites (N-methyl/N-ethyl adjacent to an activating group) is 1. The fourth-order valence-electron chi connectivity index (χ4n) is 4.23. The Bertz CT molecular complexity index is 1510. The van der Waals surface area contributed by atoms with Crippen LogP contribution in [0.2, 0.25) is 0 Å². The molecule has 6 heteroatoms. The zero-order valence-electron chi connectivity index (χ0n) is 18.0. The number of rotatable bonds is 6. The van der Waals surface area contributed by atoms with E-state index in [0.29, 0.717) is 5.39 Å². The first-order valence-corrected chi connectivity index (χ1v) is 12.9. The Kier molecular flexibility index (Phi) is 5.74. The number of hydrogen-bond acceptors (Lipinski definition) is 3. The summed E-state index contributed by atoms with van der Waals surface area (Å²) in [6.45, 7) is 0.236. The van der Waals surface area contributed by atoms with Gasteiger partial charge in [0.2, 0.25) is 10.0 Å². The molecule has 1 heterocycles. The largest absolute Gasteiger partial charge is 0.242 e. The van der Waals surface area contributed by atoms with E-state index in [2.05, 4.69) is 18.2 Å². The molecule has 0 amide bonds. The Hall–Kier alpha value is -3.06. The first-order chi connectivity index (χ1) is 15.9. The van der Waals surface area contributed by atoms with Crippen LogP contribution in [0.25, 0.3) is 20.9 Å². The predicted octanol–water partition coefficient (Wildman–Crippen LogP) is 6.65. The summed E-state index contributed by atoms with van der Waals surface area (Å²) >= 11 is 1.65. The van der Waals surface area contributed by atoms with Crippen LogP contribution in [0.3, 0.4) is 0 Å². The quantitative estimate of drug-likeness (QED) is 0.276. The lowest BCUT2D eigenvalue weighted by Gasteiger charge is -2.25. The molecule has 0 N–H and O–H groups in total. The molecule has 0 fully saturated rings. The number of fused-ring (bicyclic) bond motifs is 2. The highest BCUT2D eigenvalue weighted by atomic mass is 32.2. The SMILES string of the molecule is CN(C[C@@H](c1cc2ccccc2s1)c1ccc(F)c2ccccc12)S(=O)(=O)c1ccccc1. The Morgan fingerprint density at radius 2 is 1.52 bits per heavy atom. The van der Waals surface area contributed by atoms with Crippen molar-refractivity contribution in [2.75, 3.05) is 13.6 Å². The second-order valence-electron chi connectivity index (χ2n) is 8.02. The Morgan fingerprint density at radius 1 is 0.848 bits per heavy atom. The highest BCUT2D eigenvalue weighted by molar-refractivity contribution is 7.89. The number of benzene rings is 4. The van der Waals surface area contributed by atoms with Crippen molar-refractivity contribution in [3.63, 3.8) is 0 Å². The second kappa shape index (κ2) is 8.71. The number of sulfonamides is 1. The van der Waals surface area contributed by atoms with E-state index in [9.17, 15) is 12.8 Å². The van der Waals surface area contributed by atoms with Gasteiger partial charge in [-0.1, -0.05) is 66.7 Å². The van der Waals surface area contributed by atoms with Gasteiger partial charge in [0.25, 0.3) is 0 Å². The Labute approximate surface area is 196 Å². The maximum Gasteiger partial charge on any atom is 0.242 e. The smallest absolute Gasteiger partial charge is 0.207 e. The molecule has 0 aliphatic carbocycles. The molecule has 3 nitrogen and oxygen atoms in total. The third-order valence-corrected chi connectivity index (χ3v) is 9.03. The summed E-state index contributed by atoms with van der Waals surface area (Å²) in [5, 5.41) is 2.45. The lowest BCUT2D eigenvalue weighted by atomic mass is 9.91. The fraction of sp³-hybridized carbons (Fsp3) is 0.111. The molecule has 33 heavy (non-hydrogen) atoms. The summed E-state index contributed by atoms with van der Waals surface area (Å²) in [5.41, 5.74) is 0.911. The maximum atomic E-state index is 14.6. The van der Waals surface area contributed by atoms with Crippen LogP contribution in [0.4, 0.5) is 4.39 Å². The molecular weight excluding hydrogens is 453 g/mol. The Balaban J connectivity index is 1.65. The zero-order chi connectivity index (χ0) is 23.0. The fourth-order valence-corrected chi connectivity index (χ4v) is 6.61. The van der Waals surface area contributed by atoms with Gasteiger partial charge in [-0.2, -0.15) is 4.31 Å². The molecule has 0 bridgehead atoms. The molecule has 0 saturated heterocycles. The maximum absolute atomic E-state index is 14.6. The van der Waals surface area contributed by atoms with Crippen molar-refractivity contribution in [1.82, 2.24) is 4.31 Å². The van der Waals surface area contributed by atoms with Gasteiger partial charge in [0.15, 0.2) is 0 Å². The van der Waals surface area contributed by atoms with E-state index in [0.717, 1.165) is 25.9 Å². The molecule has 0 aliphatic heterocycles. The topological polar surface area (TPSA) is 37.4 Å². The van der Waals surface area contributed by atoms with Gasteiger partial charge in [-0.25, -0.2) is 12.8 Å². The average Bonchev–Trinajstić information content (AvgIpc) is 3.28. The van der Waals surface area contributed by atoms with Gasteiger partial charge in [0.05, 0.1) is 4.90 Å². The zero-order valence-corrected chi connectivity index (χ0v) is 19.6. The van der Waals surface area contributed by atoms with E-state index in [-0.39, 0.29) is 23.2 Å². The van der Waals surface area contributed by atoms with Crippen LogP contribution in [0.15, 0.2) is 102 Å². The third kappa shape index (κ3) is 4.06. The van der Waals surface area contributed by atoms with Crippen LogP contribution >= 0.6 is 11.3 Å². The summed E-state index contributed by atoms with van der Waals surface area (Å²) in [7, 11) is -2.07. The minimum absolute atomic E-state index is 0.236. The molecular formula is C27H22FNO2S2. The summed E-state index contributed by atoms with van der Waals surface area (Å²) < 4.78 is 43.7. The van der Waals surface area contributed by atoms with Crippen LogP contribution < -0.4 is 0 Å². The van der Waals surface area contributed by atoms with Crippen molar-refractivity contribution in [3.8, 4) is 0 Å². The molecule has 166 valence electrons. The summed E-state index contributed by atoms with van der Waals surface area (Å²) in [6, 6.07) is 29.3. The molecule has 5 aromatic rings. The highest BCUT2D eigenvalue weighted by Gasteiger charge is 2.28. The van der Waals surface area contributed by atoms with E-state index in [4.69, 9.17) is 0 Å². The highest BCUT2D eigenvalue weighted by Crippen LogP contribution is 2.38. The normalized spacial score (nSPS) is 13.1. The molecule has 4 aromatic carbocycles. The van der Waals surface area contributed by atoms with Crippen molar-refractivity contribution in [3.05, 3.63) is 113 Å². The predicted molar refractivity (Wildman–Crippen MR) is 134 cm³/mol. The van der Waals surface area contributed by atoms with E-state index in [1.54, 1.807) is 60.8 Å². The molecule has 1 aromatic heterocycles. The van der Waals surface area contributed by atoms with Crippen molar-refractivity contribution >= 4 is 42.2 Å². The van der Waals surface area contributed by atoms with Crippen LogP contribution in [-0.2, 0) is 10.0 Å². The molecule has 0 aliphatic rings. The molecule has 0 radical (unpaired) electrons. The van der Waals surface area contributed by atoms with Crippen molar-refractivity contribution in [2.24, 2.45) is 0 Å². The summed E-state index contributed by atoms with van der Waals surface area (Å²) in [4.78, 5) is 1.30. The van der Waals surface area contributed by atoms with Gasteiger partial charge in [0.1, 0.15) is 5.82 Å². The van der Waals surface area contributed by atoms with Crippen LogP contribution in [0, 0.1) is 5.82 Å². The average molecular weight is 476 g/mol. The van der Waals surface area contributed by atoms with E-state index < -0.39 is 10.0 Å². The van der Waals surface area contributed by atoms with Crippen molar-refractivity contribution < 1.29 is 12.8 Å². The van der Waals surface area contributed by atoms with Gasteiger partial charge in [-0.3, -0.25) is 0 Å². The van der Waals surface area contributed by atoms with Crippen molar-refractivity contribution in [1.29, 1.82) is 0 Å². The molecule has 0 spiro atoms. The monoisotopic (exact) mass is 475 g/mol. The van der Waals surface area contributed by atoms with Gasteiger partial charge >= 0.3 is 0 Å². The van der Waals surface area contributed by atoms with Crippen LogP contribution in [0.5, 0.6) is 0 Å². The second-order valence-corrected chi connectivity index (χ2v) is 11.2.